The van der Waals surface area contributed by atoms with E-state index in [-0.39, 0.29) is 35.9 Å². The van der Waals surface area contributed by atoms with E-state index in [0.717, 1.165) is 10.8 Å². The molecule has 26 heavy (non-hydrogen) atoms. The van der Waals surface area contributed by atoms with Crippen LogP contribution in [0.15, 0.2) is 34.6 Å². The molecule has 1 aromatic heterocycles. The number of guanidine groups is 1. The van der Waals surface area contributed by atoms with Crippen molar-refractivity contribution in [3.05, 3.63) is 41.2 Å². The fourth-order valence-electron chi connectivity index (χ4n) is 2.01. The predicted molar refractivity (Wildman–Crippen MR) is 117 cm³/mol. The average Bonchev–Trinajstić information content (AvgIpc) is 3.06. The molecule has 0 aliphatic carbocycles. The van der Waals surface area contributed by atoms with Crippen molar-refractivity contribution in [2.75, 3.05) is 32.6 Å². The molecule has 0 aliphatic heterocycles. The number of hydrogen-bond donors (Lipinski definition) is 2. The first-order valence-corrected chi connectivity index (χ1v) is 8.84. The Kier molecular flexibility index (Phi) is 9.63. The number of hydrogen-bond acceptors (Lipinski definition) is 5. The van der Waals surface area contributed by atoms with E-state index < -0.39 is 0 Å². The molecule has 0 aliphatic rings. The summed E-state index contributed by atoms with van der Waals surface area (Å²) in [5, 5.41) is 9.43. The van der Waals surface area contributed by atoms with E-state index in [9.17, 15) is 4.39 Å². The first-order chi connectivity index (χ1) is 12.0. The minimum atomic E-state index is -0.276. The SMILES string of the molecule is CN=C(NCc1csc(N(C)C)n1)NCC(C)Oc1ccc(F)cc1.I. The topological polar surface area (TPSA) is 61.8 Å². The molecule has 2 N–H and O–H groups in total. The van der Waals surface area contributed by atoms with Crippen LogP contribution in [-0.4, -0.2) is 44.7 Å². The highest BCUT2D eigenvalue weighted by Crippen LogP contribution is 2.17. The Morgan fingerprint density at radius 3 is 2.58 bits per heavy atom. The van der Waals surface area contributed by atoms with Gasteiger partial charge in [-0.1, -0.05) is 0 Å². The van der Waals surface area contributed by atoms with Gasteiger partial charge in [-0.05, 0) is 31.2 Å². The van der Waals surface area contributed by atoms with E-state index in [0.29, 0.717) is 24.8 Å². The van der Waals surface area contributed by atoms with Gasteiger partial charge in [-0.3, -0.25) is 4.99 Å². The molecule has 2 aromatic rings. The number of anilines is 1. The summed E-state index contributed by atoms with van der Waals surface area (Å²) in [6, 6.07) is 5.99. The Morgan fingerprint density at radius 1 is 1.31 bits per heavy atom. The van der Waals surface area contributed by atoms with E-state index in [4.69, 9.17) is 4.74 Å². The van der Waals surface area contributed by atoms with Gasteiger partial charge in [0.25, 0.3) is 0 Å². The van der Waals surface area contributed by atoms with Crippen LogP contribution in [0.2, 0.25) is 0 Å². The van der Waals surface area contributed by atoms with E-state index >= 15 is 0 Å². The van der Waals surface area contributed by atoms with Gasteiger partial charge in [0.15, 0.2) is 11.1 Å². The summed E-state index contributed by atoms with van der Waals surface area (Å²) >= 11 is 1.61. The van der Waals surface area contributed by atoms with E-state index in [2.05, 4.69) is 20.6 Å². The van der Waals surface area contributed by atoms with Gasteiger partial charge >= 0.3 is 0 Å². The van der Waals surface area contributed by atoms with Gasteiger partial charge in [-0.2, -0.15) is 0 Å². The second-order valence-corrected chi connectivity index (χ2v) is 6.54. The maximum absolute atomic E-state index is 12.9. The first kappa shape index (κ1) is 22.4. The Labute approximate surface area is 174 Å². The number of thiazole rings is 1. The number of aromatic nitrogens is 1. The van der Waals surface area contributed by atoms with E-state index in [1.165, 1.54) is 12.1 Å². The van der Waals surface area contributed by atoms with Crippen molar-refractivity contribution < 1.29 is 9.13 Å². The molecule has 1 aromatic carbocycles. The van der Waals surface area contributed by atoms with E-state index in [1.54, 1.807) is 30.5 Å². The van der Waals surface area contributed by atoms with Crippen molar-refractivity contribution in [2.24, 2.45) is 4.99 Å². The van der Waals surface area contributed by atoms with Gasteiger partial charge < -0.3 is 20.3 Å². The molecular weight excluding hydrogens is 468 g/mol. The van der Waals surface area contributed by atoms with Gasteiger partial charge in [0, 0.05) is 26.5 Å². The molecule has 0 fully saturated rings. The first-order valence-electron chi connectivity index (χ1n) is 7.96. The molecule has 0 spiro atoms. The van der Waals surface area contributed by atoms with Crippen molar-refractivity contribution in [1.82, 2.24) is 15.6 Å². The van der Waals surface area contributed by atoms with Crippen LogP contribution >= 0.6 is 35.3 Å². The lowest BCUT2D eigenvalue weighted by molar-refractivity contribution is 0.223. The van der Waals surface area contributed by atoms with Crippen LogP contribution < -0.4 is 20.3 Å². The van der Waals surface area contributed by atoms with Crippen LogP contribution in [0.4, 0.5) is 9.52 Å². The summed E-state index contributed by atoms with van der Waals surface area (Å²) in [7, 11) is 5.66. The number of benzene rings is 1. The molecule has 0 saturated carbocycles. The van der Waals surface area contributed by atoms with Crippen molar-refractivity contribution >= 4 is 46.4 Å². The largest absolute Gasteiger partial charge is 0.489 e. The molecule has 0 bridgehead atoms. The maximum Gasteiger partial charge on any atom is 0.191 e. The molecule has 0 radical (unpaired) electrons. The van der Waals surface area contributed by atoms with Crippen molar-refractivity contribution in [3.63, 3.8) is 0 Å². The maximum atomic E-state index is 12.9. The standard InChI is InChI=1S/C17H24FN5OS.HI/c1-12(24-15-7-5-13(18)6-8-15)9-20-16(19-2)21-10-14-11-25-17(22-14)23(3)4;/h5-8,11-12H,9-10H2,1-4H3,(H2,19,20,21);1H. The van der Waals surface area contributed by atoms with Gasteiger partial charge in [0.1, 0.15) is 17.7 Å². The van der Waals surface area contributed by atoms with Gasteiger partial charge in [-0.15, -0.1) is 35.3 Å². The summed E-state index contributed by atoms with van der Waals surface area (Å²) < 4.78 is 18.6. The highest BCUT2D eigenvalue weighted by molar-refractivity contribution is 14.0. The minimum Gasteiger partial charge on any atom is -0.489 e. The molecule has 0 amide bonds. The molecule has 1 unspecified atom stereocenters. The monoisotopic (exact) mass is 493 g/mol. The minimum absolute atomic E-state index is 0. The zero-order valence-electron chi connectivity index (χ0n) is 15.3. The second kappa shape index (κ2) is 11.2. The quantitative estimate of drug-likeness (QED) is 0.353. The lowest BCUT2D eigenvalue weighted by Gasteiger charge is -2.17. The van der Waals surface area contributed by atoms with Crippen LogP contribution in [0.1, 0.15) is 12.6 Å². The smallest absolute Gasteiger partial charge is 0.191 e. The molecule has 0 saturated heterocycles. The van der Waals surface area contributed by atoms with Crippen LogP contribution in [0, 0.1) is 5.82 Å². The Hall–Kier alpha value is -1.62. The Balaban J connectivity index is 0.00000338. The number of nitrogens with zero attached hydrogens (tertiary/aromatic N) is 3. The fraction of sp³-hybridized carbons (Fsp3) is 0.412. The summed E-state index contributed by atoms with van der Waals surface area (Å²) in [6.45, 7) is 3.10. The highest BCUT2D eigenvalue weighted by atomic mass is 127. The van der Waals surface area contributed by atoms with Crippen molar-refractivity contribution in [1.29, 1.82) is 0 Å². The van der Waals surface area contributed by atoms with Crippen LogP contribution in [0.3, 0.4) is 0 Å². The average molecular weight is 493 g/mol. The molecule has 6 nitrogen and oxygen atoms in total. The van der Waals surface area contributed by atoms with E-state index in [1.807, 2.05) is 31.3 Å². The fourth-order valence-corrected chi connectivity index (χ4v) is 2.76. The Bertz CT molecular complexity index is 693. The van der Waals surface area contributed by atoms with Crippen LogP contribution in [0.5, 0.6) is 5.75 Å². The van der Waals surface area contributed by atoms with Crippen molar-refractivity contribution in [2.45, 2.75) is 19.6 Å². The number of rotatable bonds is 7. The summed E-state index contributed by atoms with van der Waals surface area (Å²) in [4.78, 5) is 10.7. The number of nitrogens with one attached hydrogen (secondary N) is 2. The molecule has 1 atom stereocenters. The number of halogens is 2. The normalized spacial score (nSPS) is 12.1. The predicted octanol–water partition coefficient (Wildman–Crippen LogP) is 3.10. The van der Waals surface area contributed by atoms with Crippen LogP contribution in [0.25, 0.3) is 0 Å². The van der Waals surface area contributed by atoms with Crippen LogP contribution in [-0.2, 0) is 6.54 Å². The number of aliphatic imine (C=N–C) groups is 1. The number of ether oxygens (including phenoxy) is 1. The summed E-state index contributed by atoms with van der Waals surface area (Å²) in [5.41, 5.74) is 0.965. The highest BCUT2D eigenvalue weighted by Gasteiger charge is 2.07. The third kappa shape index (κ3) is 7.32. The zero-order chi connectivity index (χ0) is 18.2. The molecule has 2 rings (SSSR count). The summed E-state index contributed by atoms with van der Waals surface area (Å²) in [5.74, 6) is 1.04. The molecule has 9 heteroatoms. The molecule has 144 valence electrons. The van der Waals surface area contributed by atoms with Gasteiger partial charge in [0.05, 0.1) is 18.8 Å². The van der Waals surface area contributed by atoms with Crippen molar-refractivity contribution in [3.8, 4) is 5.75 Å². The summed E-state index contributed by atoms with van der Waals surface area (Å²) in [6.07, 6.45) is -0.0939. The second-order valence-electron chi connectivity index (χ2n) is 5.70. The zero-order valence-corrected chi connectivity index (χ0v) is 18.5. The molecule has 1 heterocycles. The lowest BCUT2D eigenvalue weighted by Crippen LogP contribution is -2.41. The van der Waals surface area contributed by atoms with Gasteiger partial charge in [0.2, 0.25) is 0 Å². The van der Waals surface area contributed by atoms with Gasteiger partial charge in [-0.25, -0.2) is 9.37 Å². The molecular formula is C17H25FIN5OS. The third-order valence-corrected chi connectivity index (χ3v) is 4.35. The Morgan fingerprint density at radius 2 is 2.00 bits per heavy atom. The third-order valence-electron chi connectivity index (χ3n) is 3.29. The lowest BCUT2D eigenvalue weighted by atomic mass is 10.3.